The van der Waals surface area contributed by atoms with E-state index in [0.717, 1.165) is 12.2 Å². The van der Waals surface area contributed by atoms with Crippen molar-refractivity contribution < 1.29 is 8.98 Å². The second kappa shape index (κ2) is 7.48. The van der Waals surface area contributed by atoms with Crippen LogP contribution in [-0.4, -0.2) is 49.7 Å². The van der Waals surface area contributed by atoms with Gasteiger partial charge in [0.15, 0.2) is 7.85 Å². The lowest BCUT2D eigenvalue weighted by atomic mass is 10.0. The quantitative estimate of drug-likeness (QED) is 0.324. The van der Waals surface area contributed by atoms with Crippen LogP contribution in [0.15, 0.2) is 12.2 Å². The first-order chi connectivity index (χ1) is 8.49. The Bertz CT molecular complexity index is 411. The van der Waals surface area contributed by atoms with Gasteiger partial charge in [0.05, 0.1) is 4.83 Å². The molecule has 0 spiro atoms. The Kier molecular flexibility index (Phi) is 7.37. The van der Waals surface area contributed by atoms with E-state index in [0.29, 0.717) is 12.1 Å². The second-order valence-corrected chi connectivity index (χ2v) is 11.4. The number of amides is 1. The normalized spacial score (nSPS) is 17.3. The third kappa shape index (κ3) is 6.62. The van der Waals surface area contributed by atoms with E-state index in [1.54, 1.807) is 6.92 Å². The maximum absolute atomic E-state index is 11.4. The highest BCUT2D eigenvalue weighted by Gasteiger charge is 2.33. The first-order valence-corrected chi connectivity index (χ1v) is 10.7. The Labute approximate surface area is 123 Å². The topological polar surface area (TPSA) is 38.3 Å². The fourth-order valence-corrected chi connectivity index (χ4v) is 4.69. The largest absolute Gasteiger partial charge is 0.352 e. The maximum Gasteiger partial charge on any atom is 0.246 e. The number of hydrogen-bond acceptors (Lipinski definition) is 2. The number of hydrogen-bond donors (Lipinski definition) is 2. The summed E-state index contributed by atoms with van der Waals surface area (Å²) in [6.07, 6.45) is 7.37. The molecule has 0 fully saturated rings. The molecule has 0 aromatic rings. The molecule has 2 atom stereocenters. The van der Waals surface area contributed by atoms with Gasteiger partial charge in [-0.1, -0.05) is 17.2 Å². The van der Waals surface area contributed by atoms with Crippen molar-refractivity contribution in [2.45, 2.75) is 25.1 Å². The highest BCUT2D eigenvalue weighted by molar-refractivity contribution is 8.34. The Balaban J connectivity index is 4.28. The van der Waals surface area contributed by atoms with Crippen LogP contribution in [0.5, 0.6) is 0 Å². The standard InChI is InChI=1S/C13H28BNO2S2/c1-11(2)12(16)15-9-8-10-19(6,7)13(3,14)17-18(4)5/h4,18H,1,8-10,14H2,2-3,5-7H3,(H,15,16). The van der Waals surface area contributed by atoms with E-state index in [2.05, 4.69) is 39.2 Å². The van der Waals surface area contributed by atoms with Crippen LogP contribution in [0.1, 0.15) is 20.3 Å². The number of nitrogens with one attached hydrogen (secondary N) is 1. The molecule has 0 saturated heterocycles. The Hall–Kier alpha value is -0.285. The van der Waals surface area contributed by atoms with Crippen LogP contribution in [0.25, 0.3) is 0 Å². The molecule has 0 bridgehead atoms. The predicted molar refractivity (Wildman–Crippen MR) is 94.6 cm³/mol. The Morgan fingerprint density at radius 2 is 2.11 bits per heavy atom. The number of carbonyl (C=O) groups is 1. The molecule has 6 heteroatoms. The maximum atomic E-state index is 11.4. The van der Waals surface area contributed by atoms with E-state index in [9.17, 15) is 4.79 Å². The molecular weight excluding hydrogens is 277 g/mol. The highest BCUT2D eigenvalue weighted by Crippen LogP contribution is 2.53. The summed E-state index contributed by atoms with van der Waals surface area (Å²) < 4.78 is 5.90. The first-order valence-electron chi connectivity index (χ1n) is 6.31. The van der Waals surface area contributed by atoms with Crippen molar-refractivity contribution in [1.82, 2.24) is 5.32 Å². The average Bonchev–Trinajstić information content (AvgIpc) is 2.21. The van der Waals surface area contributed by atoms with Gasteiger partial charge in [-0.15, -0.1) is 5.69 Å². The van der Waals surface area contributed by atoms with Crippen molar-refractivity contribution in [3.8, 4) is 5.69 Å². The van der Waals surface area contributed by atoms with E-state index in [4.69, 9.17) is 9.87 Å². The van der Waals surface area contributed by atoms with Gasteiger partial charge in [-0.05, 0) is 44.8 Å². The van der Waals surface area contributed by atoms with Gasteiger partial charge in [-0.3, -0.25) is 4.79 Å². The summed E-state index contributed by atoms with van der Waals surface area (Å²) in [5.41, 5.74) is 6.34. The van der Waals surface area contributed by atoms with E-state index in [1.807, 2.05) is 6.26 Å². The lowest BCUT2D eigenvalue weighted by molar-refractivity contribution is -0.117. The monoisotopic (exact) mass is 305 g/mol. The molecule has 0 rings (SSSR count). The van der Waals surface area contributed by atoms with Crippen LogP contribution in [0.3, 0.4) is 0 Å². The summed E-state index contributed by atoms with van der Waals surface area (Å²) in [6, 6.07) is 0. The molecule has 3 nitrogen and oxygen atoms in total. The van der Waals surface area contributed by atoms with Gasteiger partial charge in [0.1, 0.15) is 0 Å². The molecule has 112 valence electrons. The Morgan fingerprint density at radius 1 is 1.58 bits per heavy atom. The van der Waals surface area contributed by atoms with E-state index in [1.165, 1.54) is 0 Å². The summed E-state index contributed by atoms with van der Waals surface area (Å²) in [6.45, 7) is 8.12. The minimum Gasteiger partial charge on any atom is -0.352 e. The zero-order chi connectivity index (χ0) is 15.3. The predicted octanol–water partition coefficient (Wildman–Crippen LogP) is 1.59. The van der Waals surface area contributed by atoms with Crippen LogP contribution in [0.4, 0.5) is 0 Å². The van der Waals surface area contributed by atoms with Crippen molar-refractivity contribution in [3.05, 3.63) is 12.2 Å². The second-order valence-electron chi connectivity index (χ2n) is 5.67. The van der Waals surface area contributed by atoms with E-state index in [-0.39, 0.29) is 10.7 Å². The number of rotatable bonds is 7. The van der Waals surface area contributed by atoms with Gasteiger partial charge in [0.25, 0.3) is 0 Å². The van der Waals surface area contributed by atoms with Gasteiger partial charge in [0.2, 0.25) is 5.91 Å². The van der Waals surface area contributed by atoms with Crippen LogP contribution in [0, 0.1) is 5.69 Å². The van der Waals surface area contributed by atoms with Crippen LogP contribution >= 0.6 is 20.6 Å². The number of thiol groups is 1. The van der Waals surface area contributed by atoms with Crippen molar-refractivity contribution in [2.75, 3.05) is 31.1 Å². The molecule has 0 aromatic carbocycles. The summed E-state index contributed by atoms with van der Waals surface area (Å²) in [7, 11) is 0.328. The lowest BCUT2D eigenvalue weighted by Crippen LogP contribution is -2.35. The van der Waals surface area contributed by atoms with Crippen molar-refractivity contribution >= 4 is 34.4 Å². The number of carbonyl (C=O) groups excluding carboxylic acids is 1. The van der Waals surface area contributed by atoms with Crippen LogP contribution < -0.4 is 5.32 Å². The summed E-state index contributed by atoms with van der Waals surface area (Å²) in [5.74, 6) is 0.974. The molecule has 0 radical (unpaired) electrons. The van der Waals surface area contributed by atoms with Crippen molar-refractivity contribution in [1.29, 1.82) is 0 Å². The van der Waals surface area contributed by atoms with E-state index < -0.39 is 20.6 Å². The van der Waals surface area contributed by atoms with Gasteiger partial charge in [-0.2, -0.15) is 0 Å². The van der Waals surface area contributed by atoms with Gasteiger partial charge in [-0.25, -0.2) is 10.0 Å². The first kappa shape index (κ1) is 18.7. The van der Waals surface area contributed by atoms with Crippen LogP contribution in [-0.2, 0) is 8.98 Å². The molecule has 0 aliphatic rings. The lowest BCUT2D eigenvalue weighted by Gasteiger charge is -2.46. The smallest absolute Gasteiger partial charge is 0.246 e. The van der Waals surface area contributed by atoms with E-state index >= 15 is 0 Å². The molecule has 1 amide bonds. The molecule has 0 saturated carbocycles. The molecule has 1 N–H and O–H groups in total. The SMILES string of the molecule is BC(C)(O[SH](#C)C)S(C)(C)CCCNC(=O)C(=C)C. The summed E-state index contributed by atoms with van der Waals surface area (Å²) in [5, 5.41) is 2.86. The molecule has 0 aromatic heterocycles. The fraction of sp³-hybridized carbons (Fsp3) is 0.692. The Morgan fingerprint density at radius 3 is 2.53 bits per heavy atom. The minimum atomic E-state index is -0.933. The van der Waals surface area contributed by atoms with Gasteiger partial charge in [0, 0.05) is 12.1 Å². The minimum absolute atomic E-state index is 0.0673. The molecule has 0 heterocycles. The van der Waals surface area contributed by atoms with Gasteiger partial charge >= 0.3 is 0 Å². The third-order valence-electron chi connectivity index (χ3n) is 3.20. The fourth-order valence-electron chi connectivity index (χ4n) is 1.48. The zero-order valence-corrected chi connectivity index (χ0v) is 14.8. The molecule has 0 aliphatic heterocycles. The summed E-state index contributed by atoms with van der Waals surface area (Å²) in [4.78, 5) is 11.2. The van der Waals surface area contributed by atoms with Gasteiger partial charge < -0.3 is 9.50 Å². The third-order valence-corrected chi connectivity index (χ3v) is 8.12. The summed E-state index contributed by atoms with van der Waals surface area (Å²) >= 11 is 0. The van der Waals surface area contributed by atoms with Crippen LogP contribution in [0.2, 0.25) is 0 Å². The zero-order valence-electron chi connectivity index (χ0n) is 13.1. The van der Waals surface area contributed by atoms with Crippen molar-refractivity contribution in [2.24, 2.45) is 0 Å². The molecule has 0 aliphatic carbocycles. The van der Waals surface area contributed by atoms with Crippen molar-refractivity contribution in [3.63, 3.8) is 0 Å². The highest BCUT2D eigenvalue weighted by atomic mass is 32.3. The molecular formula is C13H28BNO2S2. The average molecular weight is 305 g/mol. The molecule has 19 heavy (non-hydrogen) atoms. The molecule has 2 unspecified atom stereocenters.